The predicted molar refractivity (Wildman–Crippen MR) is 178 cm³/mol. The minimum atomic E-state index is -4.15. The average molecular weight is 628 g/mol. The molecule has 236 valence electrons. The summed E-state index contributed by atoms with van der Waals surface area (Å²) in [5, 5.41) is 2.97. The van der Waals surface area contributed by atoms with Crippen molar-refractivity contribution >= 4 is 27.5 Å². The SMILES string of the molecule is CCCNC(=O)[C@H](Cc1ccccc1)N(Cc1cccc(OC)c1)C(=O)CN(c1ccccc1CC)S(=O)(=O)c1ccccc1. The fraction of sp³-hybridized carbons (Fsp3) is 0.278. The Morgan fingerprint density at radius 3 is 2.13 bits per heavy atom. The molecule has 4 aromatic rings. The molecule has 1 N–H and O–H groups in total. The number of nitrogens with one attached hydrogen (secondary N) is 1. The third-order valence-electron chi connectivity index (χ3n) is 7.56. The number of aryl methyl sites for hydroxylation is 1. The van der Waals surface area contributed by atoms with Gasteiger partial charge >= 0.3 is 0 Å². The summed E-state index contributed by atoms with van der Waals surface area (Å²) < 4.78 is 35.0. The summed E-state index contributed by atoms with van der Waals surface area (Å²) in [6.45, 7) is 3.93. The van der Waals surface area contributed by atoms with Crippen LogP contribution in [0.5, 0.6) is 5.75 Å². The number of carbonyl (C=O) groups excluding carboxylic acids is 2. The highest BCUT2D eigenvalue weighted by Gasteiger charge is 2.35. The van der Waals surface area contributed by atoms with Gasteiger partial charge in [-0.1, -0.05) is 92.7 Å². The third-order valence-corrected chi connectivity index (χ3v) is 9.33. The first kappa shape index (κ1) is 33.3. The van der Waals surface area contributed by atoms with Crippen LogP contribution < -0.4 is 14.4 Å². The molecule has 4 aromatic carbocycles. The van der Waals surface area contributed by atoms with Gasteiger partial charge in [-0.05, 0) is 59.9 Å². The molecule has 0 aliphatic carbocycles. The van der Waals surface area contributed by atoms with Crippen LogP contribution in [0, 0.1) is 0 Å². The Balaban J connectivity index is 1.82. The number of para-hydroxylation sites is 1. The van der Waals surface area contributed by atoms with Crippen LogP contribution in [-0.4, -0.2) is 51.4 Å². The number of ether oxygens (including phenoxy) is 1. The summed E-state index contributed by atoms with van der Waals surface area (Å²) in [5.74, 6) is -0.195. The van der Waals surface area contributed by atoms with Crippen molar-refractivity contribution in [2.75, 3.05) is 24.5 Å². The lowest BCUT2D eigenvalue weighted by molar-refractivity contribution is -0.140. The van der Waals surface area contributed by atoms with Gasteiger partial charge in [0.05, 0.1) is 17.7 Å². The minimum absolute atomic E-state index is 0.0712. The zero-order chi connectivity index (χ0) is 32.2. The second-order valence-corrected chi connectivity index (χ2v) is 12.5. The molecule has 0 aromatic heterocycles. The predicted octanol–water partition coefficient (Wildman–Crippen LogP) is 5.62. The van der Waals surface area contributed by atoms with Gasteiger partial charge in [0, 0.05) is 19.5 Å². The fourth-order valence-corrected chi connectivity index (χ4v) is 6.65. The molecule has 0 aliphatic rings. The molecule has 45 heavy (non-hydrogen) atoms. The largest absolute Gasteiger partial charge is 0.497 e. The molecule has 0 saturated carbocycles. The van der Waals surface area contributed by atoms with Crippen molar-refractivity contribution in [2.24, 2.45) is 0 Å². The molecule has 0 bridgehead atoms. The second-order valence-electron chi connectivity index (χ2n) is 10.7. The monoisotopic (exact) mass is 627 g/mol. The van der Waals surface area contributed by atoms with E-state index in [1.165, 1.54) is 21.3 Å². The topological polar surface area (TPSA) is 96.0 Å². The van der Waals surface area contributed by atoms with E-state index >= 15 is 0 Å². The number of rotatable bonds is 15. The van der Waals surface area contributed by atoms with Crippen LogP contribution in [0.15, 0.2) is 114 Å². The molecule has 0 saturated heterocycles. The molecule has 0 fully saturated rings. The minimum Gasteiger partial charge on any atom is -0.497 e. The summed E-state index contributed by atoms with van der Waals surface area (Å²) in [6.07, 6.45) is 1.54. The molecule has 0 heterocycles. The Hall–Kier alpha value is -4.63. The molecule has 0 unspecified atom stereocenters. The Bertz CT molecular complexity index is 1660. The van der Waals surface area contributed by atoms with Crippen molar-refractivity contribution in [3.63, 3.8) is 0 Å². The zero-order valence-electron chi connectivity index (χ0n) is 26.1. The molecular formula is C36H41N3O5S. The van der Waals surface area contributed by atoms with E-state index in [0.29, 0.717) is 24.4 Å². The number of nitrogens with zero attached hydrogens (tertiary/aromatic N) is 2. The maximum atomic E-state index is 14.6. The molecule has 0 aliphatic heterocycles. The van der Waals surface area contributed by atoms with Crippen LogP contribution in [0.2, 0.25) is 0 Å². The highest BCUT2D eigenvalue weighted by molar-refractivity contribution is 7.92. The van der Waals surface area contributed by atoms with E-state index in [9.17, 15) is 18.0 Å². The number of sulfonamides is 1. The van der Waals surface area contributed by atoms with Gasteiger partial charge in [0.2, 0.25) is 11.8 Å². The first-order valence-corrected chi connectivity index (χ1v) is 16.6. The Morgan fingerprint density at radius 2 is 1.47 bits per heavy atom. The summed E-state index contributed by atoms with van der Waals surface area (Å²) in [7, 11) is -2.59. The van der Waals surface area contributed by atoms with Gasteiger partial charge in [-0.2, -0.15) is 0 Å². The number of methoxy groups -OCH3 is 1. The van der Waals surface area contributed by atoms with E-state index in [2.05, 4.69) is 5.32 Å². The summed E-state index contributed by atoms with van der Waals surface area (Å²) in [6, 6.07) is 31.2. The molecule has 0 spiro atoms. The summed E-state index contributed by atoms with van der Waals surface area (Å²) >= 11 is 0. The van der Waals surface area contributed by atoms with Crippen molar-refractivity contribution in [1.82, 2.24) is 10.2 Å². The van der Waals surface area contributed by atoms with Gasteiger partial charge in [-0.15, -0.1) is 0 Å². The van der Waals surface area contributed by atoms with E-state index in [0.717, 1.165) is 23.1 Å². The van der Waals surface area contributed by atoms with Gasteiger partial charge in [-0.25, -0.2) is 8.42 Å². The lowest BCUT2D eigenvalue weighted by atomic mass is 10.0. The quantitative estimate of drug-likeness (QED) is 0.185. The summed E-state index contributed by atoms with van der Waals surface area (Å²) in [5.41, 5.74) is 2.83. The normalized spacial score (nSPS) is 11.8. The maximum absolute atomic E-state index is 14.6. The summed E-state index contributed by atoms with van der Waals surface area (Å²) in [4.78, 5) is 29.9. The maximum Gasteiger partial charge on any atom is 0.264 e. The van der Waals surface area contributed by atoms with Crippen molar-refractivity contribution in [2.45, 2.75) is 50.6 Å². The van der Waals surface area contributed by atoms with Gasteiger partial charge < -0.3 is 15.0 Å². The van der Waals surface area contributed by atoms with Crippen molar-refractivity contribution in [3.05, 3.63) is 126 Å². The molecule has 9 heteroatoms. The van der Waals surface area contributed by atoms with Crippen molar-refractivity contribution in [1.29, 1.82) is 0 Å². The molecule has 8 nitrogen and oxygen atoms in total. The van der Waals surface area contributed by atoms with Gasteiger partial charge in [0.1, 0.15) is 18.3 Å². The average Bonchev–Trinajstić information content (AvgIpc) is 3.08. The molecule has 1 atom stereocenters. The number of amides is 2. The first-order valence-electron chi connectivity index (χ1n) is 15.2. The second kappa shape index (κ2) is 15.9. The Morgan fingerprint density at radius 1 is 0.822 bits per heavy atom. The van der Waals surface area contributed by atoms with Gasteiger partial charge in [-0.3, -0.25) is 13.9 Å². The zero-order valence-corrected chi connectivity index (χ0v) is 26.9. The van der Waals surface area contributed by atoms with E-state index in [1.54, 1.807) is 43.5 Å². The Kier molecular flexibility index (Phi) is 11.8. The molecular weight excluding hydrogens is 586 g/mol. The standard InChI is InChI=1S/C36H41N3O5S/c1-4-23-37-36(41)34(25-28-15-8-6-9-16-28)38(26-29-17-14-19-31(24-29)44-3)35(40)27-39(33-22-13-12-18-30(33)5-2)45(42,43)32-20-10-7-11-21-32/h6-22,24,34H,4-5,23,25-27H2,1-3H3,(H,37,41)/t34-/m0/s1. The smallest absolute Gasteiger partial charge is 0.264 e. The highest BCUT2D eigenvalue weighted by Crippen LogP contribution is 2.28. The van der Waals surface area contributed by atoms with Crippen LogP contribution >= 0.6 is 0 Å². The van der Waals surface area contributed by atoms with Crippen LogP contribution in [0.3, 0.4) is 0 Å². The number of hydrogen-bond donors (Lipinski definition) is 1. The van der Waals surface area contributed by atoms with Crippen molar-refractivity contribution in [3.8, 4) is 5.75 Å². The van der Waals surface area contributed by atoms with E-state index < -0.39 is 28.5 Å². The van der Waals surface area contributed by atoms with Crippen LogP contribution in [0.25, 0.3) is 0 Å². The lowest BCUT2D eigenvalue weighted by Gasteiger charge is -2.34. The first-order chi connectivity index (χ1) is 21.8. The van der Waals surface area contributed by atoms with E-state index in [1.807, 2.05) is 74.5 Å². The number of carbonyl (C=O) groups is 2. The number of benzene rings is 4. The van der Waals surface area contributed by atoms with Crippen molar-refractivity contribution < 1.29 is 22.7 Å². The lowest BCUT2D eigenvalue weighted by Crippen LogP contribution is -2.53. The third kappa shape index (κ3) is 8.51. The molecule has 0 radical (unpaired) electrons. The Labute approximate surface area is 266 Å². The van der Waals surface area contributed by atoms with Crippen LogP contribution in [0.4, 0.5) is 5.69 Å². The van der Waals surface area contributed by atoms with Crippen LogP contribution in [-0.2, 0) is 39.0 Å². The van der Waals surface area contributed by atoms with Gasteiger partial charge in [0.25, 0.3) is 10.0 Å². The van der Waals surface area contributed by atoms with Gasteiger partial charge in [0.15, 0.2) is 0 Å². The molecule has 4 rings (SSSR count). The van der Waals surface area contributed by atoms with E-state index in [-0.39, 0.29) is 23.8 Å². The fourth-order valence-electron chi connectivity index (χ4n) is 5.17. The number of hydrogen-bond acceptors (Lipinski definition) is 5. The van der Waals surface area contributed by atoms with Crippen LogP contribution in [0.1, 0.15) is 37.0 Å². The highest BCUT2D eigenvalue weighted by atomic mass is 32.2. The van der Waals surface area contributed by atoms with E-state index in [4.69, 9.17) is 4.74 Å². The number of anilines is 1. The molecule has 2 amide bonds.